The van der Waals surface area contributed by atoms with E-state index in [1.165, 1.54) is 4.90 Å². The molecule has 0 aliphatic carbocycles. The minimum absolute atomic E-state index is 0.341. The molecule has 140 valence electrons. The smallest absolute Gasteiger partial charge is 0.264 e. The largest absolute Gasteiger partial charge is 0.486 e. The van der Waals surface area contributed by atoms with Crippen molar-refractivity contribution in [2.24, 2.45) is 0 Å². The molecule has 2 aromatic rings. The fraction of sp³-hybridized carbons (Fsp3) is 0.300. The van der Waals surface area contributed by atoms with Gasteiger partial charge in [-0.2, -0.15) is 0 Å². The number of carbonyl (C=O) groups is 2. The van der Waals surface area contributed by atoms with E-state index in [1.54, 1.807) is 30.3 Å². The van der Waals surface area contributed by atoms with Crippen LogP contribution >= 0.6 is 15.9 Å². The molecular formula is C20H18BrNO5. The molecule has 2 aliphatic rings. The summed E-state index contributed by atoms with van der Waals surface area (Å²) in [5.41, 5.74) is -0.454. The number of ether oxygens (including phenoxy) is 2. The summed E-state index contributed by atoms with van der Waals surface area (Å²) in [6.45, 7) is 3.12. The molecule has 0 fully saturated rings. The summed E-state index contributed by atoms with van der Waals surface area (Å²) >= 11 is 3.37. The van der Waals surface area contributed by atoms with Gasteiger partial charge >= 0.3 is 0 Å². The second kappa shape index (κ2) is 6.65. The van der Waals surface area contributed by atoms with Crippen molar-refractivity contribution < 1.29 is 24.2 Å². The number of hydrogen-bond donors (Lipinski definition) is 1. The molecule has 2 heterocycles. The third kappa shape index (κ3) is 2.91. The molecular weight excluding hydrogens is 414 g/mol. The Labute approximate surface area is 164 Å². The summed E-state index contributed by atoms with van der Waals surface area (Å²) in [5.74, 6) is 0.255. The first-order chi connectivity index (χ1) is 12.9. The van der Waals surface area contributed by atoms with Crippen LogP contribution in [-0.2, 0) is 10.4 Å². The lowest BCUT2D eigenvalue weighted by molar-refractivity contribution is -0.135. The molecule has 2 aromatic carbocycles. The summed E-state index contributed by atoms with van der Waals surface area (Å²) in [7, 11) is 0. The zero-order valence-corrected chi connectivity index (χ0v) is 16.3. The molecule has 2 aliphatic heterocycles. The van der Waals surface area contributed by atoms with Crippen molar-refractivity contribution >= 4 is 33.3 Å². The summed E-state index contributed by atoms with van der Waals surface area (Å²) < 4.78 is 11.7. The van der Waals surface area contributed by atoms with Crippen LogP contribution in [0, 0.1) is 0 Å². The lowest BCUT2D eigenvalue weighted by atomic mass is 9.88. The van der Waals surface area contributed by atoms with E-state index >= 15 is 0 Å². The molecule has 1 N–H and O–H groups in total. The predicted molar refractivity (Wildman–Crippen MR) is 102 cm³/mol. The Hall–Kier alpha value is -2.38. The molecule has 7 heteroatoms. The van der Waals surface area contributed by atoms with Crippen molar-refractivity contribution in [3.8, 4) is 11.5 Å². The molecule has 27 heavy (non-hydrogen) atoms. The molecule has 0 saturated heterocycles. The zero-order valence-electron chi connectivity index (χ0n) is 14.7. The quantitative estimate of drug-likeness (QED) is 0.752. The maximum absolute atomic E-state index is 12.9. The number of hydrogen-bond acceptors (Lipinski definition) is 5. The van der Waals surface area contributed by atoms with Gasteiger partial charge in [0.05, 0.1) is 12.1 Å². The number of likely N-dealkylation sites (N-methyl/N-ethyl adjacent to an activating group) is 1. The number of aliphatic hydroxyl groups is 1. The van der Waals surface area contributed by atoms with Crippen LogP contribution in [0.3, 0.4) is 0 Å². The fourth-order valence-electron chi connectivity index (χ4n) is 3.56. The van der Waals surface area contributed by atoms with Crippen LogP contribution in [0.25, 0.3) is 0 Å². The molecule has 0 unspecified atom stereocenters. The highest BCUT2D eigenvalue weighted by molar-refractivity contribution is 9.10. The van der Waals surface area contributed by atoms with Crippen molar-refractivity contribution in [2.45, 2.75) is 18.9 Å². The lowest BCUT2D eigenvalue weighted by Crippen LogP contribution is -2.41. The van der Waals surface area contributed by atoms with E-state index < -0.39 is 11.5 Å². The van der Waals surface area contributed by atoms with E-state index in [9.17, 15) is 14.7 Å². The monoisotopic (exact) mass is 431 g/mol. The molecule has 0 aromatic heterocycles. The Kier molecular flexibility index (Phi) is 4.44. The van der Waals surface area contributed by atoms with Crippen molar-refractivity contribution in [1.82, 2.24) is 0 Å². The molecule has 0 bridgehead atoms. The van der Waals surface area contributed by atoms with Crippen molar-refractivity contribution in [2.75, 3.05) is 24.7 Å². The fourth-order valence-corrected chi connectivity index (χ4v) is 3.92. The molecule has 1 amide bonds. The van der Waals surface area contributed by atoms with Gasteiger partial charge < -0.3 is 19.5 Å². The summed E-state index contributed by atoms with van der Waals surface area (Å²) in [6, 6.07) is 10.2. The summed E-state index contributed by atoms with van der Waals surface area (Å²) in [4.78, 5) is 27.3. The first-order valence-electron chi connectivity index (χ1n) is 8.71. The number of amides is 1. The molecule has 6 nitrogen and oxygen atoms in total. The second-order valence-corrected chi connectivity index (χ2v) is 7.45. The minimum Gasteiger partial charge on any atom is -0.486 e. The molecule has 0 spiro atoms. The lowest BCUT2D eigenvalue weighted by Gasteiger charge is -2.23. The topological polar surface area (TPSA) is 76.1 Å². The molecule has 1 atom stereocenters. The van der Waals surface area contributed by atoms with Crippen molar-refractivity contribution in [3.63, 3.8) is 0 Å². The van der Waals surface area contributed by atoms with Crippen LogP contribution in [0.15, 0.2) is 40.9 Å². The van der Waals surface area contributed by atoms with Gasteiger partial charge in [0.25, 0.3) is 5.91 Å². The Morgan fingerprint density at radius 2 is 1.93 bits per heavy atom. The highest BCUT2D eigenvalue weighted by Gasteiger charge is 2.50. The maximum Gasteiger partial charge on any atom is 0.264 e. The van der Waals surface area contributed by atoms with Gasteiger partial charge in [0.1, 0.15) is 13.2 Å². The third-order valence-corrected chi connectivity index (χ3v) is 5.38. The Balaban J connectivity index is 1.68. The zero-order chi connectivity index (χ0) is 19.2. The number of benzene rings is 2. The summed E-state index contributed by atoms with van der Waals surface area (Å²) in [5, 5.41) is 11.2. The highest BCUT2D eigenvalue weighted by atomic mass is 79.9. The number of nitrogens with zero attached hydrogens (tertiary/aromatic N) is 1. The van der Waals surface area contributed by atoms with Crippen molar-refractivity contribution in [3.05, 3.63) is 52.0 Å². The Morgan fingerprint density at radius 3 is 2.67 bits per heavy atom. The first kappa shape index (κ1) is 18.0. The number of carbonyl (C=O) groups excluding carboxylic acids is 2. The van der Waals surface area contributed by atoms with Gasteiger partial charge in [-0.1, -0.05) is 15.9 Å². The minimum atomic E-state index is -1.89. The van der Waals surface area contributed by atoms with Gasteiger partial charge in [-0.25, -0.2) is 0 Å². The van der Waals surface area contributed by atoms with Crippen LogP contribution in [0.5, 0.6) is 11.5 Å². The molecule has 4 rings (SSSR count). The van der Waals surface area contributed by atoms with E-state index in [2.05, 4.69) is 15.9 Å². The van der Waals surface area contributed by atoms with E-state index in [1.807, 2.05) is 13.0 Å². The number of Topliss-reactive ketones (excluding diaryl/α,β-unsaturated/α-hetero) is 1. The molecule has 0 saturated carbocycles. The van der Waals surface area contributed by atoms with Gasteiger partial charge in [-0.15, -0.1) is 0 Å². The average molecular weight is 432 g/mol. The van der Waals surface area contributed by atoms with E-state index in [0.29, 0.717) is 48.1 Å². The van der Waals surface area contributed by atoms with Crippen LogP contribution in [0.4, 0.5) is 5.69 Å². The molecule has 0 radical (unpaired) electrons. The normalized spacial score (nSPS) is 20.6. The van der Waals surface area contributed by atoms with E-state index in [0.717, 1.165) is 4.47 Å². The standard InChI is InChI=1S/C20H18BrNO5/c1-2-22-15-5-4-13(21)10-14(15)20(25,19(22)24)11-16(23)12-3-6-17-18(9-12)27-8-7-26-17/h3-6,9-10,25H,2,7-8,11H2,1H3/t20-/m0/s1. The van der Waals surface area contributed by atoms with Crippen molar-refractivity contribution in [1.29, 1.82) is 0 Å². The SMILES string of the molecule is CCN1C(=O)[C@](O)(CC(=O)c2ccc3c(c2)OCCO3)c2cc(Br)ccc21. The van der Waals surface area contributed by atoms with Gasteiger partial charge in [0.15, 0.2) is 22.9 Å². The highest BCUT2D eigenvalue weighted by Crippen LogP contribution is 2.44. The van der Waals surface area contributed by atoms with Gasteiger partial charge in [0.2, 0.25) is 0 Å². The third-order valence-electron chi connectivity index (χ3n) is 4.89. The number of rotatable bonds is 4. The van der Waals surface area contributed by atoms with Crippen LogP contribution in [-0.4, -0.2) is 36.6 Å². The first-order valence-corrected chi connectivity index (χ1v) is 9.50. The number of fused-ring (bicyclic) bond motifs is 2. The van der Waals surface area contributed by atoms with Gasteiger partial charge in [-0.05, 0) is 43.3 Å². The van der Waals surface area contributed by atoms with Crippen LogP contribution in [0.2, 0.25) is 0 Å². The van der Waals surface area contributed by atoms with Crippen LogP contribution in [0.1, 0.15) is 29.3 Å². The number of anilines is 1. The number of halogens is 1. The summed E-state index contributed by atoms with van der Waals surface area (Å²) in [6.07, 6.45) is -0.342. The average Bonchev–Trinajstić information content (AvgIpc) is 2.88. The van der Waals surface area contributed by atoms with E-state index in [4.69, 9.17) is 9.47 Å². The van der Waals surface area contributed by atoms with Crippen LogP contribution < -0.4 is 14.4 Å². The Morgan fingerprint density at radius 1 is 1.19 bits per heavy atom. The Bertz CT molecular complexity index is 944. The van der Waals surface area contributed by atoms with Gasteiger partial charge in [-0.3, -0.25) is 9.59 Å². The van der Waals surface area contributed by atoms with Gasteiger partial charge in [0, 0.05) is 22.1 Å². The van der Waals surface area contributed by atoms with E-state index in [-0.39, 0.29) is 12.2 Å². The predicted octanol–water partition coefficient (Wildman–Crippen LogP) is 3.05. The number of ketones is 1. The second-order valence-electron chi connectivity index (χ2n) is 6.53. The maximum atomic E-state index is 12.9.